The molecule has 0 unspecified atom stereocenters. The second-order valence-electron chi connectivity index (χ2n) is 11.0. The van der Waals surface area contributed by atoms with E-state index >= 15 is 0 Å². The van der Waals surface area contributed by atoms with Gasteiger partial charge in [0.15, 0.2) is 5.69 Å². The first-order chi connectivity index (χ1) is 17.0. The zero-order valence-corrected chi connectivity index (χ0v) is 21.0. The molecule has 3 aliphatic carbocycles. The molecule has 1 fully saturated rings. The van der Waals surface area contributed by atoms with Crippen LogP contribution < -0.4 is 4.74 Å². The first-order valence-electron chi connectivity index (χ1n) is 13.1. The SMILES string of the molecule is CCN(C)C(=O)c1n[nH]c2c1C[C@H]1[C@@H]3CCc4cc(OCc5ccccc5)ccc4[C@H]3CC[C@]21C. The molecule has 0 aliphatic heterocycles. The monoisotopic (exact) mass is 469 g/mol. The molecule has 3 aliphatic rings. The summed E-state index contributed by atoms with van der Waals surface area (Å²) in [5.74, 6) is 2.81. The number of nitrogens with zero attached hydrogens (tertiary/aromatic N) is 2. The van der Waals surface area contributed by atoms with Crippen molar-refractivity contribution >= 4 is 5.91 Å². The van der Waals surface area contributed by atoms with E-state index in [9.17, 15) is 4.79 Å². The number of aromatic nitrogens is 2. The molecule has 2 aromatic carbocycles. The van der Waals surface area contributed by atoms with Crippen LogP contribution in [0.4, 0.5) is 0 Å². The summed E-state index contributed by atoms with van der Waals surface area (Å²) in [7, 11) is 1.86. The highest BCUT2D eigenvalue weighted by molar-refractivity contribution is 5.94. The Labute approximate surface area is 207 Å². The number of nitrogens with one attached hydrogen (secondary N) is 1. The normalized spacial score (nSPS) is 26.3. The van der Waals surface area contributed by atoms with Gasteiger partial charge in [0.05, 0.1) is 0 Å². The summed E-state index contributed by atoms with van der Waals surface area (Å²) in [5, 5.41) is 7.82. The van der Waals surface area contributed by atoms with E-state index in [1.807, 2.05) is 20.0 Å². The summed E-state index contributed by atoms with van der Waals surface area (Å²) < 4.78 is 6.13. The van der Waals surface area contributed by atoms with Crippen LogP contribution in [0.15, 0.2) is 48.5 Å². The van der Waals surface area contributed by atoms with Crippen LogP contribution in [0.25, 0.3) is 0 Å². The van der Waals surface area contributed by atoms with Crippen molar-refractivity contribution in [1.82, 2.24) is 15.1 Å². The molecule has 1 amide bonds. The van der Waals surface area contributed by atoms with Gasteiger partial charge in [0.25, 0.3) is 5.91 Å². The molecule has 5 nitrogen and oxygen atoms in total. The van der Waals surface area contributed by atoms with Gasteiger partial charge in [-0.05, 0) is 85.6 Å². The Morgan fingerprint density at radius 3 is 2.83 bits per heavy atom. The highest BCUT2D eigenvalue weighted by Crippen LogP contribution is 2.60. The number of carbonyl (C=O) groups is 1. The van der Waals surface area contributed by atoms with Crippen molar-refractivity contribution in [3.8, 4) is 5.75 Å². The number of hydrogen-bond acceptors (Lipinski definition) is 3. The fraction of sp³-hybridized carbons (Fsp3) is 0.467. The number of amides is 1. The van der Waals surface area contributed by atoms with Crippen LogP contribution in [0, 0.1) is 11.8 Å². The molecule has 1 saturated carbocycles. The Hall–Kier alpha value is -3.08. The number of aromatic amines is 1. The summed E-state index contributed by atoms with van der Waals surface area (Å²) >= 11 is 0. The van der Waals surface area contributed by atoms with Crippen molar-refractivity contribution in [2.45, 2.75) is 63.9 Å². The highest BCUT2D eigenvalue weighted by Gasteiger charge is 2.55. The van der Waals surface area contributed by atoms with Crippen molar-refractivity contribution in [1.29, 1.82) is 0 Å². The fourth-order valence-corrected chi connectivity index (χ4v) is 7.15. The molecular weight excluding hydrogens is 434 g/mol. The molecule has 1 heterocycles. The lowest BCUT2D eigenvalue weighted by atomic mass is 9.55. The number of ether oxygens (including phenoxy) is 1. The van der Waals surface area contributed by atoms with Crippen molar-refractivity contribution in [2.24, 2.45) is 11.8 Å². The van der Waals surface area contributed by atoms with Crippen molar-refractivity contribution in [3.05, 3.63) is 82.2 Å². The van der Waals surface area contributed by atoms with Gasteiger partial charge in [-0.3, -0.25) is 9.89 Å². The van der Waals surface area contributed by atoms with Gasteiger partial charge in [-0.25, -0.2) is 0 Å². The second-order valence-corrected chi connectivity index (χ2v) is 11.0. The van der Waals surface area contributed by atoms with Gasteiger partial charge < -0.3 is 9.64 Å². The Balaban J connectivity index is 1.23. The van der Waals surface area contributed by atoms with Crippen LogP contribution in [0.5, 0.6) is 5.75 Å². The minimum Gasteiger partial charge on any atom is -0.489 e. The lowest BCUT2D eigenvalue weighted by Crippen LogP contribution is -2.43. The van der Waals surface area contributed by atoms with Gasteiger partial charge >= 0.3 is 0 Å². The van der Waals surface area contributed by atoms with E-state index in [-0.39, 0.29) is 11.3 Å². The van der Waals surface area contributed by atoms with Crippen LogP contribution in [0.3, 0.4) is 0 Å². The van der Waals surface area contributed by atoms with Crippen LogP contribution >= 0.6 is 0 Å². The molecule has 5 heteroatoms. The maximum atomic E-state index is 13.0. The smallest absolute Gasteiger partial charge is 0.274 e. The van der Waals surface area contributed by atoms with E-state index in [1.54, 1.807) is 4.90 Å². The zero-order chi connectivity index (χ0) is 24.2. The number of benzene rings is 2. The number of rotatable bonds is 5. The van der Waals surface area contributed by atoms with Gasteiger partial charge in [-0.2, -0.15) is 5.10 Å². The molecular formula is C30H35N3O2. The molecule has 0 saturated heterocycles. The Bertz CT molecular complexity index is 1250. The Morgan fingerprint density at radius 2 is 2.03 bits per heavy atom. The van der Waals surface area contributed by atoms with E-state index in [0.717, 1.165) is 25.0 Å². The van der Waals surface area contributed by atoms with Crippen LogP contribution in [-0.4, -0.2) is 34.6 Å². The van der Waals surface area contributed by atoms with E-state index in [0.29, 0.717) is 36.6 Å². The number of H-pyrrole nitrogens is 1. The third kappa shape index (κ3) is 3.59. The van der Waals surface area contributed by atoms with Crippen molar-refractivity contribution < 1.29 is 9.53 Å². The fourth-order valence-electron chi connectivity index (χ4n) is 7.15. The minimum absolute atomic E-state index is 0.0424. The molecule has 35 heavy (non-hydrogen) atoms. The van der Waals surface area contributed by atoms with E-state index < -0.39 is 0 Å². The average molecular weight is 470 g/mol. The van der Waals surface area contributed by atoms with E-state index in [4.69, 9.17) is 4.74 Å². The second kappa shape index (κ2) is 8.54. The molecule has 4 atom stereocenters. The summed E-state index contributed by atoms with van der Waals surface area (Å²) in [6.45, 7) is 5.71. The molecule has 1 N–H and O–H groups in total. The van der Waals surface area contributed by atoms with Gasteiger partial charge in [0.2, 0.25) is 0 Å². The standard InChI is InChI=1S/C30H35N3O2/c1-4-33(3)29(34)27-25-17-26-24-12-10-20-16-21(35-18-19-8-6-5-7-9-19)11-13-22(20)23(24)14-15-30(26,2)28(25)32-31-27/h5-9,11,13,16,23-24,26H,4,10,12,14-15,17-18H2,1-3H3,(H,31,32)/t23-,24-,26+,30+/m1/s1. The predicted molar refractivity (Wildman–Crippen MR) is 137 cm³/mol. The summed E-state index contributed by atoms with van der Waals surface area (Å²) in [5.41, 5.74) is 7.31. The van der Waals surface area contributed by atoms with Gasteiger partial charge in [0, 0.05) is 30.3 Å². The lowest BCUT2D eigenvalue weighted by Gasteiger charge is -2.49. The molecule has 0 bridgehead atoms. The first kappa shape index (κ1) is 22.4. The van der Waals surface area contributed by atoms with Crippen molar-refractivity contribution in [3.63, 3.8) is 0 Å². The number of carbonyl (C=O) groups excluding carboxylic acids is 1. The molecule has 182 valence electrons. The summed E-state index contributed by atoms with van der Waals surface area (Å²) in [4.78, 5) is 14.7. The largest absolute Gasteiger partial charge is 0.489 e. The molecule has 6 rings (SSSR count). The lowest BCUT2D eigenvalue weighted by molar-refractivity contribution is 0.0792. The topological polar surface area (TPSA) is 58.2 Å². The van der Waals surface area contributed by atoms with Gasteiger partial charge in [0.1, 0.15) is 12.4 Å². The molecule has 3 aromatic rings. The Morgan fingerprint density at radius 1 is 1.20 bits per heavy atom. The highest BCUT2D eigenvalue weighted by atomic mass is 16.5. The average Bonchev–Trinajstić information content (AvgIpc) is 3.45. The van der Waals surface area contributed by atoms with E-state index in [2.05, 4.69) is 59.6 Å². The minimum atomic E-state index is 0.0424. The van der Waals surface area contributed by atoms with Crippen LogP contribution in [0.1, 0.15) is 77.5 Å². The Kier molecular flexibility index (Phi) is 5.46. The number of hydrogen-bond donors (Lipinski definition) is 1. The predicted octanol–water partition coefficient (Wildman–Crippen LogP) is 5.65. The molecule has 0 spiro atoms. The van der Waals surface area contributed by atoms with Gasteiger partial charge in [-0.15, -0.1) is 0 Å². The zero-order valence-electron chi connectivity index (χ0n) is 21.0. The summed E-state index contributed by atoms with van der Waals surface area (Å²) in [6.07, 6.45) is 5.59. The molecule has 1 aromatic heterocycles. The van der Waals surface area contributed by atoms with Crippen molar-refractivity contribution in [2.75, 3.05) is 13.6 Å². The molecule has 0 radical (unpaired) electrons. The maximum Gasteiger partial charge on any atom is 0.274 e. The van der Waals surface area contributed by atoms with Gasteiger partial charge in [-0.1, -0.05) is 43.3 Å². The number of fused-ring (bicyclic) bond motifs is 7. The third-order valence-electron chi connectivity index (χ3n) is 9.22. The van der Waals surface area contributed by atoms with Crippen LogP contribution in [0.2, 0.25) is 0 Å². The first-order valence-corrected chi connectivity index (χ1v) is 13.1. The number of aryl methyl sites for hydroxylation is 1. The van der Waals surface area contributed by atoms with Crippen LogP contribution in [-0.2, 0) is 24.9 Å². The van der Waals surface area contributed by atoms with E-state index in [1.165, 1.54) is 40.8 Å². The quantitative estimate of drug-likeness (QED) is 0.525. The summed E-state index contributed by atoms with van der Waals surface area (Å²) in [6, 6.07) is 17.1. The maximum absolute atomic E-state index is 13.0. The third-order valence-corrected chi connectivity index (χ3v) is 9.22.